The molecule has 3 heteroatoms. The molecule has 0 saturated heterocycles. The minimum absolute atomic E-state index is 0.721. The second-order valence-corrected chi connectivity index (χ2v) is 4.66. The van der Waals surface area contributed by atoms with Crippen LogP contribution in [0.25, 0.3) is 11.0 Å². The minimum atomic E-state index is 0.721. The summed E-state index contributed by atoms with van der Waals surface area (Å²) in [5.74, 6) is 0.721. The van der Waals surface area contributed by atoms with Gasteiger partial charge in [0, 0.05) is 18.0 Å². The molecule has 0 saturated carbocycles. The van der Waals surface area contributed by atoms with Crippen molar-refractivity contribution in [3.05, 3.63) is 65.9 Å². The van der Waals surface area contributed by atoms with Gasteiger partial charge >= 0.3 is 0 Å². The molecule has 0 amide bonds. The Balaban J connectivity index is 2.21. The molecule has 0 aliphatic rings. The first-order valence-electron chi connectivity index (χ1n) is 6.04. The van der Waals surface area contributed by atoms with E-state index in [0.717, 1.165) is 32.9 Å². The van der Waals surface area contributed by atoms with E-state index in [9.17, 15) is 0 Å². The van der Waals surface area contributed by atoms with Crippen LogP contribution >= 0.6 is 12.6 Å². The van der Waals surface area contributed by atoms with Crippen molar-refractivity contribution in [3.8, 4) is 0 Å². The second kappa shape index (κ2) is 4.94. The van der Waals surface area contributed by atoms with Gasteiger partial charge in [-0.05, 0) is 12.1 Å². The molecule has 3 rings (SSSR count). The fourth-order valence-corrected chi connectivity index (χ4v) is 2.49. The number of aliphatic imine (C=N–C) groups is 1. The number of nitrogens with zero attached hydrogens (tertiary/aromatic N) is 1. The first kappa shape index (κ1) is 12.1. The van der Waals surface area contributed by atoms with Crippen molar-refractivity contribution in [2.24, 2.45) is 4.99 Å². The average molecular weight is 267 g/mol. The van der Waals surface area contributed by atoms with Gasteiger partial charge in [0.05, 0.1) is 4.90 Å². The SMILES string of the molecule is CN=C(c1ccccc1)c1oc2ccccc2c1S. The largest absolute Gasteiger partial charge is 0.453 e. The van der Waals surface area contributed by atoms with Crippen LogP contribution in [-0.2, 0) is 0 Å². The van der Waals surface area contributed by atoms with E-state index in [1.54, 1.807) is 7.05 Å². The summed E-state index contributed by atoms with van der Waals surface area (Å²) in [6.07, 6.45) is 0. The molecule has 0 N–H and O–H groups in total. The van der Waals surface area contributed by atoms with E-state index < -0.39 is 0 Å². The van der Waals surface area contributed by atoms with Crippen LogP contribution in [0.15, 0.2) is 68.9 Å². The summed E-state index contributed by atoms with van der Waals surface area (Å²) in [5.41, 5.74) is 2.68. The lowest BCUT2D eigenvalue weighted by molar-refractivity contribution is 0.596. The first-order chi connectivity index (χ1) is 9.31. The van der Waals surface area contributed by atoms with Crippen LogP contribution < -0.4 is 0 Å². The molecule has 0 fully saturated rings. The van der Waals surface area contributed by atoms with Crippen molar-refractivity contribution in [1.82, 2.24) is 0 Å². The molecule has 2 aromatic carbocycles. The van der Waals surface area contributed by atoms with Crippen LogP contribution in [0.5, 0.6) is 0 Å². The van der Waals surface area contributed by atoms with Gasteiger partial charge in [0.2, 0.25) is 0 Å². The maximum Gasteiger partial charge on any atom is 0.167 e. The Bertz CT molecular complexity index is 744. The number of para-hydroxylation sites is 1. The van der Waals surface area contributed by atoms with E-state index in [1.807, 2.05) is 54.6 Å². The summed E-state index contributed by atoms with van der Waals surface area (Å²) in [6, 6.07) is 17.9. The van der Waals surface area contributed by atoms with E-state index in [0.29, 0.717) is 0 Å². The standard InChI is InChI=1S/C16H13NOS/c1-17-14(11-7-3-2-4-8-11)15-16(19)12-9-5-6-10-13(12)18-15/h2-10,19H,1H3. The molecular weight excluding hydrogens is 254 g/mol. The Morgan fingerprint density at radius 1 is 1.00 bits per heavy atom. The number of rotatable bonds is 2. The van der Waals surface area contributed by atoms with Gasteiger partial charge in [-0.15, -0.1) is 12.6 Å². The van der Waals surface area contributed by atoms with Crippen LogP contribution in [0.3, 0.4) is 0 Å². The van der Waals surface area contributed by atoms with Gasteiger partial charge in [-0.1, -0.05) is 42.5 Å². The number of benzene rings is 2. The Kier molecular flexibility index (Phi) is 3.13. The third-order valence-electron chi connectivity index (χ3n) is 3.06. The number of thiol groups is 1. The third kappa shape index (κ3) is 2.06. The quantitative estimate of drug-likeness (QED) is 0.546. The van der Waals surface area contributed by atoms with Gasteiger partial charge in [0.15, 0.2) is 5.76 Å². The summed E-state index contributed by atoms with van der Waals surface area (Å²) in [7, 11) is 1.77. The zero-order chi connectivity index (χ0) is 13.2. The van der Waals surface area contributed by atoms with Crippen molar-refractivity contribution in [2.45, 2.75) is 4.90 Å². The third-order valence-corrected chi connectivity index (χ3v) is 3.50. The van der Waals surface area contributed by atoms with Gasteiger partial charge in [-0.3, -0.25) is 4.99 Å². The molecule has 3 aromatic rings. The van der Waals surface area contributed by atoms with E-state index >= 15 is 0 Å². The summed E-state index contributed by atoms with van der Waals surface area (Å²) < 4.78 is 5.90. The normalized spacial score (nSPS) is 12.0. The minimum Gasteiger partial charge on any atom is -0.453 e. The molecular formula is C16H13NOS. The fraction of sp³-hybridized carbons (Fsp3) is 0.0625. The predicted octanol–water partition coefficient (Wildman–Crippen LogP) is 4.19. The van der Waals surface area contributed by atoms with Crippen molar-refractivity contribution in [2.75, 3.05) is 7.05 Å². The molecule has 2 nitrogen and oxygen atoms in total. The summed E-state index contributed by atoms with van der Waals surface area (Å²) in [5, 5.41) is 1.01. The van der Waals surface area contributed by atoms with Gasteiger partial charge in [0.1, 0.15) is 11.3 Å². The van der Waals surface area contributed by atoms with Gasteiger partial charge in [0.25, 0.3) is 0 Å². The van der Waals surface area contributed by atoms with Crippen LogP contribution in [0.2, 0.25) is 0 Å². The molecule has 0 unspecified atom stereocenters. The zero-order valence-electron chi connectivity index (χ0n) is 10.5. The molecule has 1 heterocycles. The monoisotopic (exact) mass is 267 g/mol. The zero-order valence-corrected chi connectivity index (χ0v) is 11.4. The smallest absolute Gasteiger partial charge is 0.167 e. The first-order valence-corrected chi connectivity index (χ1v) is 6.49. The van der Waals surface area contributed by atoms with E-state index in [2.05, 4.69) is 17.6 Å². The molecule has 0 bridgehead atoms. The Labute approximate surface area is 117 Å². The van der Waals surface area contributed by atoms with E-state index in [-0.39, 0.29) is 0 Å². The lowest BCUT2D eigenvalue weighted by Crippen LogP contribution is -2.02. The molecule has 0 atom stereocenters. The topological polar surface area (TPSA) is 25.5 Å². The predicted molar refractivity (Wildman–Crippen MR) is 81.5 cm³/mol. The summed E-state index contributed by atoms with van der Waals surface area (Å²) in [4.78, 5) is 5.19. The molecule has 1 aromatic heterocycles. The van der Waals surface area contributed by atoms with Crippen LogP contribution in [0, 0.1) is 0 Å². The number of hydrogen-bond acceptors (Lipinski definition) is 3. The number of furan rings is 1. The van der Waals surface area contributed by atoms with E-state index in [4.69, 9.17) is 4.42 Å². The molecule has 0 spiro atoms. The highest BCUT2D eigenvalue weighted by Crippen LogP contribution is 2.30. The summed E-state index contributed by atoms with van der Waals surface area (Å²) in [6.45, 7) is 0. The van der Waals surface area contributed by atoms with Crippen molar-refractivity contribution in [3.63, 3.8) is 0 Å². The molecule has 0 radical (unpaired) electrons. The van der Waals surface area contributed by atoms with Crippen LogP contribution in [-0.4, -0.2) is 12.8 Å². The number of fused-ring (bicyclic) bond motifs is 1. The van der Waals surface area contributed by atoms with Crippen molar-refractivity contribution < 1.29 is 4.42 Å². The Morgan fingerprint density at radius 3 is 2.37 bits per heavy atom. The lowest BCUT2D eigenvalue weighted by atomic mass is 10.1. The second-order valence-electron chi connectivity index (χ2n) is 4.21. The lowest BCUT2D eigenvalue weighted by Gasteiger charge is -2.03. The summed E-state index contributed by atoms with van der Waals surface area (Å²) >= 11 is 4.58. The molecule has 0 aliphatic heterocycles. The highest BCUT2D eigenvalue weighted by Gasteiger charge is 2.17. The van der Waals surface area contributed by atoms with Crippen molar-refractivity contribution >= 4 is 29.3 Å². The highest BCUT2D eigenvalue weighted by molar-refractivity contribution is 7.80. The van der Waals surface area contributed by atoms with Crippen molar-refractivity contribution in [1.29, 1.82) is 0 Å². The van der Waals surface area contributed by atoms with Gasteiger partial charge in [-0.25, -0.2) is 0 Å². The van der Waals surface area contributed by atoms with Gasteiger partial charge < -0.3 is 4.42 Å². The van der Waals surface area contributed by atoms with E-state index in [1.165, 1.54) is 0 Å². The maximum atomic E-state index is 5.90. The average Bonchev–Trinajstić information content (AvgIpc) is 2.79. The Hall–Kier alpha value is -2.00. The highest BCUT2D eigenvalue weighted by atomic mass is 32.1. The molecule has 0 aliphatic carbocycles. The molecule has 19 heavy (non-hydrogen) atoms. The maximum absolute atomic E-state index is 5.90. The Morgan fingerprint density at radius 2 is 1.68 bits per heavy atom. The number of hydrogen-bond donors (Lipinski definition) is 1. The molecule has 94 valence electrons. The van der Waals surface area contributed by atoms with Gasteiger partial charge in [-0.2, -0.15) is 0 Å². The van der Waals surface area contributed by atoms with Crippen LogP contribution in [0.4, 0.5) is 0 Å². The van der Waals surface area contributed by atoms with Crippen LogP contribution in [0.1, 0.15) is 11.3 Å². The fourth-order valence-electron chi connectivity index (χ4n) is 2.15.